The average molecular weight is 388 g/mol. The molecule has 0 saturated carbocycles. The first-order valence-electron chi connectivity index (χ1n) is 8.50. The van der Waals surface area contributed by atoms with Crippen molar-refractivity contribution < 1.29 is 13.2 Å². The van der Waals surface area contributed by atoms with Crippen LogP contribution in [0, 0.1) is 17.5 Å². The SMILES string of the molecule is CC(c1ccc(F)c(F)c1)N(C)Cc1nc(N)nc(Nc2ccc(F)cc2)n1. The van der Waals surface area contributed by atoms with E-state index in [2.05, 4.69) is 20.3 Å². The Morgan fingerprint density at radius 2 is 1.71 bits per heavy atom. The van der Waals surface area contributed by atoms with Crippen LogP contribution >= 0.6 is 0 Å². The van der Waals surface area contributed by atoms with Crippen LogP contribution in [0.4, 0.5) is 30.8 Å². The van der Waals surface area contributed by atoms with Gasteiger partial charge in [0, 0.05) is 11.7 Å². The Hall–Kier alpha value is -3.20. The van der Waals surface area contributed by atoms with Crippen LogP contribution in [0.15, 0.2) is 42.5 Å². The van der Waals surface area contributed by atoms with Crippen LogP contribution in [0.3, 0.4) is 0 Å². The summed E-state index contributed by atoms with van der Waals surface area (Å²) in [6.07, 6.45) is 0. The number of nitrogen functional groups attached to an aromatic ring is 1. The Morgan fingerprint density at radius 1 is 1.00 bits per heavy atom. The molecule has 1 heterocycles. The predicted octanol–water partition coefficient (Wildman–Crippen LogP) is 3.81. The van der Waals surface area contributed by atoms with E-state index >= 15 is 0 Å². The van der Waals surface area contributed by atoms with Gasteiger partial charge in [0.25, 0.3) is 0 Å². The predicted molar refractivity (Wildman–Crippen MR) is 100 cm³/mol. The zero-order valence-electron chi connectivity index (χ0n) is 15.3. The van der Waals surface area contributed by atoms with Crippen LogP contribution in [0.2, 0.25) is 0 Å². The van der Waals surface area contributed by atoms with Gasteiger partial charge < -0.3 is 11.1 Å². The van der Waals surface area contributed by atoms with Crippen molar-refractivity contribution in [3.8, 4) is 0 Å². The van der Waals surface area contributed by atoms with Gasteiger partial charge in [0.1, 0.15) is 11.6 Å². The summed E-state index contributed by atoms with van der Waals surface area (Å²) in [7, 11) is 1.80. The summed E-state index contributed by atoms with van der Waals surface area (Å²) in [6, 6.07) is 9.29. The lowest BCUT2D eigenvalue weighted by atomic mass is 10.1. The quantitative estimate of drug-likeness (QED) is 0.669. The Kier molecular flexibility index (Phi) is 5.74. The van der Waals surface area contributed by atoms with Crippen molar-refractivity contribution in [3.05, 3.63) is 71.3 Å². The number of halogens is 3. The van der Waals surface area contributed by atoms with E-state index in [4.69, 9.17) is 5.73 Å². The fraction of sp³-hybridized carbons (Fsp3) is 0.211. The summed E-state index contributed by atoms with van der Waals surface area (Å²) >= 11 is 0. The molecular formula is C19H19F3N6. The topological polar surface area (TPSA) is 80.0 Å². The van der Waals surface area contributed by atoms with E-state index in [-0.39, 0.29) is 23.8 Å². The largest absolute Gasteiger partial charge is 0.368 e. The molecule has 0 spiro atoms. The van der Waals surface area contributed by atoms with Gasteiger partial charge in [0.05, 0.1) is 6.54 Å². The van der Waals surface area contributed by atoms with Crippen LogP contribution in [0.1, 0.15) is 24.4 Å². The maximum atomic E-state index is 13.5. The van der Waals surface area contributed by atoms with E-state index in [9.17, 15) is 13.2 Å². The van der Waals surface area contributed by atoms with E-state index < -0.39 is 11.6 Å². The molecule has 1 atom stereocenters. The number of nitrogens with two attached hydrogens (primary N) is 1. The number of anilines is 3. The molecule has 3 N–H and O–H groups in total. The summed E-state index contributed by atoms with van der Waals surface area (Å²) in [4.78, 5) is 14.3. The first kappa shape index (κ1) is 19.6. The van der Waals surface area contributed by atoms with Gasteiger partial charge in [0.2, 0.25) is 11.9 Å². The molecule has 146 valence electrons. The molecule has 2 aromatic carbocycles. The third-order valence-corrected chi connectivity index (χ3v) is 4.28. The van der Waals surface area contributed by atoms with E-state index in [0.29, 0.717) is 23.6 Å². The summed E-state index contributed by atoms with van der Waals surface area (Å²) < 4.78 is 39.7. The van der Waals surface area contributed by atoms with Crippen molar-refractivity contribution in [2.24, 2.45) is 0 Å². The number of nitrogens with one attached hydrogen (secondary N) is 1. The molecule has 0 radical (unpaired) electrons. The molecule has 1 unspecified atom stereocenters. The van der Waals surface area contributed by atoms with Gasteiger partial charge in [-0.05, 0) is 55.9 Å². The highest BCUT2D eigenvalue weighted by Crippen LogP contribution is 2.22. The van der Waals surface area contributed by atoms with E-state index in [1.54, 1.807) is 19.2 Å². The molecule has 0 saturated heterocycles. The third kappa shape index (κ3) is 4.74. The normalized spacial score (nSPS) is 12.2. The van der Waals surface area contributed by atoms with Gasteiger partial charge in [-0.25, -0.2) is 13.2 Å². The van der Waals surface area contributed by atoms with Crippen molar-refractivity contribution in [1.82, 2.24) is 19.9 Å². The number of hydrogen-bond acceptors (Lipinski definition) is 6. The number of rotatable bonds is 6. The van der Waals surface area contributed by atoms with Crippen molar-refractivity contribution in [2.45, 2.75) is 19.5 Å². The minimum Gasteiger partial charge on any atom is -0.368 e. The number of nitrogens with zero attached hydrogens (tertiary/aromatic N) is 4. The van der Waals surface area contributed by atoms with Crippen LogP contribution in [0.5, 0.6) is 0 Å². The maximum absolute atomic E-state index is 13.5. The zero-order chi connectivity index (χ0) is 20.3. The summed E-state index contributed by atoms with van der Waals surface area (Å²) in [5.41, 5.74) is 6.98. The second-order valence-corrected chi connectivity index (χ2v) is 6.33. The van der Waals surface area contributed by atoms with E-state index in [1.807, 2.05) is 11.8 Å². The molecular weight excluding hydrogens is 369 g/mol. The van der Waals surface area contributed by atoms with Crippen molar-refractivity contribution in [2.75, 3.05) is 18.1 Å². The van der Waals surface area contributed by atoms with Crippen molar-refractivity contribution in [1.29, 1.82) is 0 Å². The standard InChI is InChI=1S/C19H19F3N6/c1-11(12-3-8-15(21)16(22)9-12)28(2)10-17-25-18(23)27-19(26-17)24-14-6-4-13(20)5-7-14/h3-9,11H,10H2,1-2H3,(H3,23,24,25,26,27). The van der Waals surface area contributed by atoms with E-state index in [1.165, 1.54) is 24.3 Å². The van der Waals surface area contributed by atoms with Gasteiger partial charge in [-0.2, -0.15) is 15.0 Å². The second-order valence-electron chi connectivity index (χ2n) is 6.33. The van der Waals surface area contributed by atoms with Crippen LogP contribution in [0.25, 0.3) is 0 Å². The molecule has 0 aliphatic carbocycles. The van der Waals surface area contributed by atoms with Gasteiger partial charge in [-0.1, -0.05) is 6.07 Å². The first-order chi connectivity index (χ1) is 13.3. The Balaban J connectivity index is 1.74. The van der Waals surface area contributed by atoms with E-state index in [0.717, 1.165) is 6.07 Å². The zero-order valence-corrected chi connectivity index (χ0v) is 15.3. The van der Waals surface area contributed by atoms with Gasteiger partial charge in [-0.15, -0.1) is 0 Å². The monoisotopic (exact) mass is 388 g/mol. The second kappa shape index (κ2) is 8.22. The minimum atomic E-state index is -0.895. The smallest absolute Gasteiger partial charge is 0.232 e. The molecule has 0 aliphatic rings. The highest BCUT2D eigenvalue weighted by atomic mass is 19.2. The molecule has 1 aromatic heterocycles. The minimum absolute atomic E-state index is 0.0310. The average Bonchev–Trinajstić information content (AvgIpc) is 2.65. The third-order valence-electron chi connectivity index (χ3n) is 4.28. The highest BCUT2D eigenvalue weighted by Gasteiger charge is 2.16. The van der Waals surface area contributed by atoms with Crippen LogP contribution in [-0.4, -0.2) is 26.9 Å². The van der Waals surface area contributed by atoms with Crippen LogP contribution < -0.4 is 11.1 Å². The Labute approximate surface area is 160 Å². The lowest BCUT2D eigenvalue weighted by molar-refractivity contribution is 0.246. The molecule has 28 heavy (non-hydrogen) atoms. The molecule has 6 nitrogen and oxygen atoms in total. The molecule has 3 aromatic rings. The number of aromatic nitrogens is 3. The molecule has 0 bridgehead atoms. The summed E-state index contributed by atoms with van der Waals surface area (Å²) in [5.74, 6) is -1.48. The fourth-order valence-corrected chi connectivity index (χ4v) is 2.61. The lowest BCUT2D eigenvalue weighted by Gasteiger charge is -2.24. The summed E-state index contributed by atoms with van der Waals surface area (Å²) in [5, 5.41) is 2.94. The Bertz CT molecular complexity index is 964. The summed E-state index contributed by atoms with van der Waals surface area (Å²) in [6.45, 7) is 2.15. The van der Waals surface area contributed by atoms with Gasteiger partial charge in [-0.3, -0.25) is 4.90 Å². The van der Waals surface area contributed by atoms with Crippen molar-refractivity contribution in [3.63, 3.8) is 0 Å². The fourth-order valence-electron chi connectivity index (χ4n) is 2.61. The van der Waals surface area contributed by atoms with Gasteiger partial charge in [0.15, 0.2) is 11.6 Å². The van der Waals surface area contributed by atoms with Crippen LogP contribution in [-0.2, 0) is 6.54 Å². The molecule has 9 heteroatoms. The maximum Gasteiger partial charge on any atom is 0.232 e. The number of hydrogen-bond donors (Lipinski definition) is 2. The Morgan fingerprint density at radius 3 is 2.39 bits per heavy atom. The highest BCUT2D eigenvalue weighted by molar-refractivity contribution is 5.53. The molecule has 0 aliphatic heterocycles. The number of benzene rings is 2. The molecule has 0 amide bonds. The van der Waals surface area contributed by atoms with Gasteiger partial charge >= 0.3 is 0 Å². The lowest BCUT2D eigenvalue weighted by Crippen LogP contribution is -2.24. The van der Waals surface area contributed by atoms with Crippen molar-refractivity contribution >= 4 is 17.6 Å². The first-order valence-corrected chi connectivity index (χ1v) is 8.50. The molecule has 3 rings (SSSR count). The molecule has 0 fully saturated rings.